The van der Waals surface area contributed by atoms with Gasteiger partial charge in [-0.15, -0.1) is 0 Å². The lowest BCUT2D eigenvalue weighted by Gasteiger charge is -2.31. The van der Waals surface area contributed by atoms with Crippen LogP contribution in [-0.4, -0.2) is 0 Å². The van der Waals surface area contributed by atoms with Gasteiger partial charge in [-0.3, -0.25) is 0 Å². The minimum absolute atomic E-state index is 0.650. The highest BCUT2D eigenvalue weighted by Crippen LogP contribution is 2.45. The first-order valence-electron chi connectivity index (χ1n) is 25.4. The van der Waals surface area contributed by atoms with Crippen LogP contribution in [-0.2, 0) is 6.42 Å². The molecule has 0 aromatic heterocycles. The Labute approximate surface area is 433 Å². The normalized spacial score (nSPS) is 11.1. The number of rotatable bonds is 14. The number of benzene rings is 10. The highest BCUT2D eigenvalue weighted by atomic mass is 15.2. The average Bonchev–Trinajstić information content (AvgIpc) is 3.35. The highest BCUT2D eigenvalue weighted by molar-refractivity contribution is 5.87. The minimum atomic E-state index is 0.650. The van der Waals surface area contributed by atoms with E-state index < -0.39 is 0 Å². The second-order valence-electron chi connectivity index (χ2n) is 19.9. The van der Waals surface area contributed by atoms with Gasteiger partial charge in [-0.05, 0) is 251 Å². The number of hydrogen-bond acceptors (Lipinski definition) is 4. The Morgan fingerprint density at radius 1 is 0.192 bits per heavy atom. The van der Waals surface area contributed by atoms with E-state index >= 15 is 0 Å². The van der Waals surface area contributed by atoms with Crippen molar-refractivity contribution in [3.8, 4) is 0 Å². The highest BCUT2D eigenvalue weighted by Gasteiger charge is 2.23. The van der Waals surface area contributed by atoms with Gasteiger partial charge in [0.15, 0.2) is 0 Å². The van der Waals surface area contributed by atoms with E-state index in [1.165, 1.54) is 55.6 Å². The van der Waals surface area contributed by atoms with Gasteiger partial charge in [0, 0.05) is 68.2 Å². The molecule has 73 heavy (non-hydrogen) atoms. The fraction of sp³-hybridized carbons (Fsp3) is 0.130. The zero-order valence-corrected chi connectivity index (χ0v) is 43.4. The lowest BCUT2D eigenvalue weighted by molar-refractivity contribution is 1.14. The summed E-state index contributed by atoms with van der Waals surface area (Å²) < 4.78 is 0. The Balaban J connectivity index is 1.25. The summed E-state index contributed by atoms with van der Waals surface area (Å²) in [5.74, 6) is 0. The quantitative estimate of drug-likeness (QED) is 0.108. The van der Waals surface area contributed by atoms with Crippen LogP contribution >= 0.6 is 0 Å². The van der Waals surface area contributed by atoms with Crippen LogP contribution in [0.4, 0.5) is 68.2 Å². The summed E-state index contributed by atoms with van der Waals surface area (Å²) in [6.45, 7) is 17.4. The fourth-order valence-corrected chi connectivity index (χ4v) is 10.2. The van der Waals surface area contributed by atoms with Crippen molar-refractivity contribution in [2.45, 2.75) is 61.8 Å². The molecule has 0 bridgehead atoms. The Bertz CT molecular complexity index is 2940. The Hall–Kier alpha value is -8.60. The van der Waals surface area contributed by atoms with Gasteiger partial charge in [-0.2, -0.15) is 0 Å². The first-order chi connectivity index (χ1) is 35.4. The zero-order valence-electron chi connectivity index (χ0n) is 43.4. The van der Waals surface area contributed by atoms with Crippen molar-refractivity contribution in [2.75, 3.05) is 19.6 Å². The van der Waals surface area contributed by atoms with E-state index in [2.05, 4.69) is 306 Å². The minimum Gasteiger partial charge on any atom is -0.310 e. The third-order valence-electron chi connectivity index (χ3n) is 13.4. The molecule has 4 nitrogen and oxygen atoms in total. The van der Waals surface area contributed by atoms with Gasteiger partial charge in [0.2, 0.25) is 0 Å². The molecule has 0 spiro atoms. The van der Waals surface area contributed by atoms with Gasteiger partial charge in [-0.1, -0.05) is 97.1 Å². The van der Waals surface area contributed by atoms with Crippen molar-refractivity contribution < 1.29 is 0 Å². The molecular formula is C69H64N4. The molecule has 10 aromatic rings. The summed E-state index contributed by atoms with van der Waals surface area (Å²) in [6.07, 6.45) is 0.650. The van der Waals surface area contributed by atoms with Crippen LogP contribution in [0.2, 0.25) is 0 Å². The Morgan fingerprint density at radius 2 is 0.356 bits per heavy atom. The van der Waals surface area contributed by atoms with Crippen LogP contribution < -0.4 is 19.6 Å². The summed E-state index contributed by atoms with van der Waals surface area (Å²) >= 11 is 0. The topological polar surface area (TPSA) is 13.0 Å². The summed E-state index contributed by atoms with van der Waals surface area (Å²) in [4.78, 5) is 9.70. The van der Waals surface area contributed by atoms with Gasteiger partial charge in [0.25, 0.3) is 0 Å². The standard InChI is InChI=1S/C69H64N4/c1-48-17-9-25-58(33-48)70(59-26-10-18-49(2)34-59)66-42-56(43-67(46-66)71(60-27-11-19-50(3)35-60)61-28-12-20-51(4)36-61)41-57-44-68(72(62-29-13-21-52(5)37-62)63-30-14-22-53(6)38-63)47-69(45-57)73(64-31-15-23-54(7)39-64)65-32-16-24-55(8)40-65/h9-40,42-47H,41H2,1-8H3. The number of hydrogen-bond donors (Lipinski definition) is 0. The molecule has 0 aliphatic rings. The molecule has 10 aromatic carbocycles. The van der Waals surface area contributed by atoms with E-state index in [0.29, 0.717) is 6.42 Å². The molecule has 360 valence electrons. The van der Waals surface area contributed by atoms with Gasteiger partial charge < -0.3 is 19.6 Å². The summed E-state index contributed by atoms with van der Waals surface area (Å²) in [6, 6.07) is 85.3. The predicted octanol–water partition coefficient (Wildman–Crippen LogP) is 19.6. The third-order valence-corrected chi connectivity index (χ3v) is 13.4. The van der Waals surface area contributed by atoms with Crippen LogP contribution in [0.15, 0.2) is 231 Å². The fourth-order valence-electron chi connectivity index (χ4n) is 10.2. The molecule has 10 rings (SSSR count). The summed E-state index contributed by atoms with van der Waals surface area (Å²) in [5.41, 5.74) is 25.2. The summed E-state index contributed by atoms with van der Waals surface area (Å²) in [5, 5.41) is 0. The molecule has 0 amide bonds. The van der Waals surface area contributed by atoms with Crippen molar-refractivity contribution in [3.05, 3.63) is 286 Å². The molecule has 0 fully saturated rings. The van der Waals surface area contributed by atoms with E-state index in [0.717, 1.165) is 68.2 Å². The first-order valence-corrected chi connectivity index (χ1v) is 25.4. The molecule has 0 N–H and O–H groups in total. The van der Waals surface area contributed by atoms with Gasteiger partial charge in [0.1, 0.15) is 0 Å². The largest absolute Gasteiger partial charge is 0.310 e. The smallest absolute Gasteiger partial charge is 0.0485 e. The molecule has 4 heteroatoms. The van der Waals surface area contributed by atoms with E-state index in [4.69, 9.17) is 0 Å². The van der Waals surface area contributed by atoms with Gasteiger partial charge in [-0.25, -0.2) is 0 Å². The van der Waals surface area contributed by atoms with E-state index in [1.807, 2.05) is 0 Å². The first kappa shape index (κ1) is 48.0. The molecule has 0 aliphatic heterocycles. The van der Waals surface area contributed by atoms with Crippen LogP contribution in [0, 0.1) is 55.4 Å². The molecule has 0 radical (unpaired) electrons. The lowest BCUT2D eigenvalue weighted by atomic mass is 9.99. The average molecular weight is 949 g/mol. The Morgan fingerprint density at radius 3 is 0.507 bits per heavy atom. The maximum absolute atomic E-state index is 2.42. The monoisotopic (exact) mass is 949 g/mol. The third kappa shape index (κ3) is 11.0. The van der Waals surface area contributed by atoms with Crippen LogP contribution in [0.5, 0.6) is 0 Å². The molecule has 0 saturated carbocycles. The molecule has 0 saturated heterocycles. The van der Waals surface area contributed by atoms with Crippen molar-refractivity contribution in [1.29, 1.82) is 0 Å². The van der Waals surface area contributed by atoms with E-state index in [-0.39, 0.29) is 0 Å². The number of aryl methyl sites for hydroxylation is 8. The zero-order chi connectivity index (χ0) is 50.6. The number of nitrogens with zero attached hydrogens (tertiary/aromatic N) is 4. The molecule has 0 unspecified atom stereocenters. The number of anilines is 12. The molecular weight excluding hydrogens is 885 g/mol. The molecule has 0 atom stereocenters. The van der Waals surface area contributed by atoms with Gasteiger partial charge in [0.05, 0.1) is 0 Å². The molecule has 0 heterocycles. The van der Waals surface area contributed by atoms with Crippen LogP contribution in [0.1, 0.15) is 55.6 Å². The predicted molar refractivity (Wildman–Crippen MR) is 312 cm³/mol. The van der Waals surface area contributed by atoms with E-state index in [1.54, 1.807) is 0 Å². The van der Waals surface area contributed by atoms with Crippen LogP contribution in [0.25, 0.3) is 0 Å². The van der Waals surface area contributed by atoms with Crippen molar-refractivity contribution >= 4 is 68.2 Å². The maximum atomic E-state index is 2.42. The van der Waals surface area contributed by atoms with Gasteiger partial charge >= 0.3 is 0 Å². The van der Waals surface area contributed by atoms with Crippen molar-refractivity contribution in [3.63, 3.8) is 0 Å². The second-order valence-corrected chi connectivity index (χ2v) is 19.9. The molecule has 0 aliphatic carbocycles. The van der Waals surface area contributed by atoms with Crippen molar-refractivity contribution in [2.24, 2.45) is 0 Å². The van der Waals surface area contributed by atoms with Crippen LogP contribution in [0.3, 0.4) is 0 Å². The Kier molecular flexibility index (Phi) is 13.8. The second kappa shape index (κ2) is 21.0. The van der Waals surface area contributed by atoms with Crippen molar-refractivity contribution in [1.82, 2.24) is 0 Å². The summed E-state index contributed by atoms with van der Waals surface area (Å²) in [7, 11) is 0. The van der Waals surface area contributed by atoms with E-state index in [9.17, 15) is 0 Å². The SMILES string of the molecule is Cc1cccc(N(c2cccc(C)c2)c2cc(Cc3cc(N(c4cccc(C)c4)c4cccc(C)c4)cc(N(c4cccc(C)c4)c4cccc(C)c4)c3)cc(N(c3cccc(C)c3)c3cccc(C)c3)c2)c1. The lowest BCUT2D eigenvalue weighted by Crippen LogP contribution is -2.15. The maximum Gasteiger partial charge on any atom is 0.0485 e.